The van der Waals surface area contributed by atoms with Crippen molar-refractivity contribution >= 4 is 0 Å². The highest BCUT2D eigenvalue weighted by Gasteiger charge is 2.49. The fourth-order valence-electron chi connectivity index (χ4n) is 3.58. The molecule has 0 atom stereocenters. The van der Waals surface area contributed by atoms with Gasteiger partial charge in [-0.1, -0.05) is 0 Å². The Hall–Kier alpha value is -0.820. The van der Waals surface area contributed by atoms with Gasteiger partial charge in [0.2, 0.25) is 0 Å². The highest BCUT2D eigenvalue weighted by molar-refractivity contribution is 5.53. The lowest BCUT2D eigenvalue weighted by molar-refractivity contribution is -0.925. The van der Waals surface area contributed by atoms with Crippen LogP contribution in [0, 0.1) is 34.6 Å². The van der Waals surface area contributed by atoms with Gasteiger partial charge in [0.15, 0.2) is 0 Å². The van der Waals surface area contributed by atoms with Crippen molar-refractivity contribution in [1.82, 2.24) is 0 Å². The van der Waals surface area contributed by atoms with Crippen molar-refractivity contribution in [2.24, 2.45) is 0 Å². The summed E-state index contributed by atoms with van der Waals surface area (Å²) in [6, 6.07) is 0. The summed E-state index contributed by atoms with van der Waals surface area (Å²) in [6.45, 7) is 21.0. The molecule has 0 bridgehead atoms. The average Bonchev–Trinajstić information content (AvgIpc) is 2.32. The molecule has 0 aromatic heterocycles. The predicted octanol–water partition coefficient (Wildman–Crippen LogP) is 4.99. The fourth-order valence-corrected chi connectivity index (χ4v) is 3.58. The summed E-state index contributed by atoms with van der Waals surface area (Å²) < 4.78 is 0.949. The first kappa shape index (κ1) is 18.2. The van der Waals surface area contributed by atoms with Crippen molar-refractivity contribution < 1.29 is 4.48 Å². The molecule has 0 radical (unpaired) electrons. The first-order chi connectivity index (χ1) is 9.18. The molecule has 0 saturated heterocycles. The van der Waals surface area contributed by atoms with E-state index in [1.807, 2.05) is 0 Å². The van der Waals surface area contributed by atoms with Crippen LogP contribution in [0.25, 0.3) is 0 Å². The number of nitrogens with zero attached hydrogens (tertiary/aromatic N) is 1. The molecule has 0 unspecified atom stereocenters. The van der Waals surface area contributed by atoms with Crippen molar-refractivity contribution in [3.05, 3.63) is 33.4 Å². The van der Waals surface area contributed by atoms with Crippen LogP contribution in [0.2, 0.25) is 0 Å². The maximum atomic E-state index is 2.42. The Morgan fingerprint density at radius 3 is 1.14 bits per heavy atom. The predicted molar refractivity (Wildman–Crippen MR) is 95.3 cm³/mol. The molecule has 21 heavy (non-hydrogen) atoms. The van der Waals surface area contributed by atoms with Crippen LogP contribution in [0.5, 0.6) is 0 Å². The number of quaternary nitrogens is 1. The number of benzene rings is 1. The number of rotatable bonds is 3. The van der Waals surface area contributed by atoms with Crippen LogP contribution in [0.15, 0.2) is 0 Å². The second kappa shape index (κ2) is 5.12. The Morgan fingerprint density at radius 2 is 0.857 bits per heavy atom. The molecule has 1 nitrogen and oxygen atoms in total. The van der Waals surface area contributed by atoms with Crippen LogP contribution in [0.1, 0.15) is 61.1 Å². The maximum absolute atomic E-state index is 2.42. The van der Waals surface area contributed by atoms with Gasteiger partial charge in [-0.15, -0.1) is 0 Å². The Balaban J connectivity index is 3.76. The third-order valence-corrected chi connectivity index (χ3v) is 6.83. The van der Waals surface area contributed by atoms with Gasteiger partial charge in [-0.3, -0.25) is 0 Å². The summed E-state index contributed by atoms with van der Waals surface area (Å²) in [7, 11) is 6.92. The number of hydrogen-bond donors (Lipinski definition) is 0. The van der Waals surface area contributed by atoms with Gasteiger partial charge in [0.25, 0.3) is 0 Å². The third-order valence-electron chi connectivity index (χ3n) is 6.83. The maximum Gasteiger partial charge on any atom is 0.102 e. The third kappa shape index (κ3) is 2.54. The van der Waals surface area contributed by atoms with Crippen molar-refractivity contribution in [3.63, 3.8) is 0 Å². The zero-order valence-corrected chi connectivity index (χ0v) is 16.4. The summed E-state index contributed by atoms with van der Waals surface area (Å²) in [5, 5.41) is 0. The summed E-state index contributed by atoms with van der Waals surface area (Å²) in [5.41, 5.74) is 9.09. The Kier molecular flexibility index (Phi) is 4.45. The van der Waals surface area contributed by atoms with Crippen LogP contribution in [0.3, 0.4) is 0 Å². The molecule has 0 spiro atoms. The molecule has 0 N–H and O–H groups in total. The molecular formula is C20H36N+. The topological polar surface area (TPSA) is 0 Å². The molecule has 1 aromatic carbocycles. The van der Waals surface area contributed by atoms with Crippen molar-refractivity contribution in [1.29, 1.82) is 0 Å². The number of hydrogen-bond acceptors (Lipinski definition) is 0. The summed E-state index contributed by atoms with van der Waals surface area (Å²) in [6.07, 6.45) is 0. The zero-order valence-electron chi connectivity index (χ0n) is 16.4. The number of likely N-dealkylation sites (N-methyl/N-ethyl adjacent to an activating group) is 1. The minimum Gasteiger partial charge on any atom is -0.326 e. The van der Waals surface area contributed by atoms with Crippen molar-refractivity contribution in [3.8, 4) is 0 Å². The van der Waals surface area contributed by atoms with E-state index >= 15 is 0 Å². The normalized spacial score (nSPS) is 13.7. The molecule has 0 saturated carbocycles. The van der Waals surface area contributed by atoms with Gasteiger partial charge < -0.3 is 4.48 Å². The second-order valence-corrected chi connectivity index (χ2v) is 8.70. The van der Waals surface area contributed by atoms with Crippen LogP contribution in [0.4, 0.5) is 0 Å². The standard InChI is InChI=1S/C20H36N/c1-13-14(2)16(4)18(17(5)15(13)3)19(6,7)20(8,9)21(10,11)12/h1-12H3/q+1. The van der Waals surface area contributed by atoms with Gasteiger partial charge in [-0.25, -0.2) is 0 Å². The zero-order chi connectivity index (χ0) is 17.0. The van der Waals surface area contributed by atoms with Crippen molar-refractivity contribution in [2.75, 3.05) is 21.1 Å². The Labute approximate surface area is 133 Å². The van der Waals surface area contributed by atoms with Gasteiger partial charge >= 0.3 is 0 Å². The second-order valence-electron chi connectivity index (χ2n) is 8.70. The highest BCUT2D eigenvalue weighted by atomic mass is 15.3. The molecule has 1 heteroatoms. The fraction of sp³-hybridized carbons (Fsp3) is 0.700. The molecule has 0 aliphatic rings. The smallest absolute Gasteiger partial charge is 0.102 e. The lowest BCUT2D eigenvalue weighted by Crippen LogP contribution is -2.63. The van der Waals surface area contributed by atoms with E-state index in [0.717, 1.165) is 4.48 Å². The molecule has 1 aromatic rings. The first-order valence-corrected chi connectivity index (χ1v) is 8.07. The van der Waals surface area contributed by atoms with Crippen LogP contribution in [-0.4, -0.2) is 31.2 Å². The SMILES string of the molecule is Cc1c(C)c(C)c(C(C)(C)C(C)(C)[N+](C)(C)C)c(C)c1C. The largest absolute Gasteiger partial charge is 0.326 e. The van der Waals surface area contributed by atoms with Gasteiger partial charge in [0, 0.05) is 5.41 Å². The molecule has 0 amide bonds. The first-order valence-electron chi connectivity index (χ1n) is 8.07. The minimum atomic E-state index is 0.0998. The molecule has 0 aliphatic heterocycles. The van der Waals surface area contributed by atoms with Crippen LogP contribution in [-0.2, 0) is 5.41 Å². The van der Waals surface area contributed by atoms with Gasteiger partial charge in [-0.05, 0) is 95.7 Å². The van der Waals surface area contributed by atoms with E-state index in [1.165, 1.54) is 27.8 Å². The van der Waals surface area contributed by atoms with Crippen LogP contribution >= 0.6 is 0 Å². The van der Waals surface area contributed by atoms with E-state index < -0.39 is 0 Å². The molecule has 120 valence electrons. The van der Waals surface area contributed by atoms with Crippen LogP contribution < -0.4 is 0 Å². The van der Waals surface area contributed by atoms with Gasteiger partial charge in [0.05, 0.1) is 21.1 Å². The van der Waals surface area contributed by atoms with E-state index in [0.29, 0.717) is 0 Å². The van der Waals surface area contributed by atoms with E-state index in [1.54, 1.807) is 5.56 Å². The van der Waals surface area contributed by atoms with E-state index in [4.69, 9.17) is 0 Å². The quantitative estimate of drug-likeness (QED) is 0.688. The summed E-state index contributed by atoms with van der Waals surface area (Å²) >= 11 is 0. The Morgan fingerprint density at radius 1 is 0.571 bits per heavy atom. The molecule has 0 heterocycles. The Bertz CT molecular complexity index is 525. The summed E-state index contributed by atoms with van der Waals surface area (Å²) in [4.78, 5) is 0. The summed E-state index contributed by atoms with van der Waals surface area (Å²) in [5.74, 6) is 0. The lowest BCUT2D eigenvalue weighted by Gasteiger charge is -2.52. The molecule has 0 fully saturated rings. The highest BCUT2D eigenvalue weighted by Crippen LogP contribution is 2.45. The van der Waals surface area contributed by atoms with E-state index in [9.17, 15) is 0 Å². The monoisotopic (exact) mass is 290 g/mol. The molecule has 1 rings (SSSR count). The average molecular weight is 291 g/mol. The molecule has 0 aliphatic carbocycles. The van der Waals surface area contributed by atoms with Crippen molar-refractivity contribution in [2.45, 2.75) is 73.3 Å². The minimum absolute atomic E-state index is 0.0998. The molecular weight excluding hydrogens is 254 g/mol. The van der Waals surface area contributed by atoms with E-state index in [2.05, 4.69) is 83.5 Å². The van der Waals surface area contributed by atoms with E-state index in [-0.39, 0.29) is 11.0 Å². The van der Waals surface area contributed by atoms with Gasteiger partial charge in [0.1, 0.15) is 5.54 Å². The van der Waals surface area contributed by atoms with Gasteiger partial charge in [-0.2, -0.15) is 0 Å². The lowest BCUT2D eigenvalue weighted by atomic mass is 9.64.